The van der Waals surface area contributed by atoms with Crippen LogP contribution in [0, 0.1) is 5.82 Å². The Balaban J connectivity index is 0.00000133. The predicted molar refractivity (Wildman–Crippen MR) is 57.4 cm³/mol. The molecule has 0 amide bonds. The van der Waals surface area contributed by atoms with Crippen molar-refractivity contribution < 1.29 is 37.9 Å². The maximum atomic E-state index is 13.8. The minimum atomic E-state index is -1.42. The summed E-state index contributed by atoms with van der Waals surface area (Å²) in [5.74, 6) is -2.08. The topological polar surface area (TPSA) is 67.2 Å². The molecule has 0 radical (unpaired) electrons. The molecule has 0 bridgehead atoms. The summed E-state index contributed by atoms with van der Waals surface area (Å²) in [6, 6.07) is 2.24. The first-order chi connectivity index (χ1) is 8.66. The number of imidazole rings is 1. The van der Waals surface area contributed by atoms with Gasteiger partial charge in [0.2, 0.25) is 0 Å². The number of carboxylic acids is 1. The van der Waals surface area contributed by atoms with Crippen molar-refractivity contribution >= 4 is 5.97 Å². The summed E-state index contributed by atoms with van der Waals surface area (Å²) in [5.41, 5.74) is 0.790. The van der Waals surface area contributed by atoms with Crippen molar-refractivity contribution in [3.05, 3.63) is 36.0 Å². The SMILES string of the molecule is O=C([O-])c1cc(F)c2c(c1)-c1cncn1CCO2.[Li+]. The van der Waals surface area contributed by atoms with Crippen molar-refractivity contribution in [1.29, 1.82) is 0 Å². The normalized spacial score (nSPS) is 12.5. The fourth-order valence-corrected chi connectivity index (χ4v) is 2.02. The van der Waals surface area contributed by atoms with Crippen LogP contribution in [0.2, 0.25) is 0 Å². The van der Waals surface area contributed by atoms with E-state index in [0.29, 0.717) is 24.4 Å². The summed E-state index contributed by atoms with van der Waals surface area (Å²) in [6.07, 6.45) is 3.14. The van der Waals surface area contributed by atoms with Gasteiger partial charge in [0.15, 0.2) is 11.6 Å². The van der Waals surface area contributed by atoms with Crippen LogP contribution in [-0.4, -0.2) is 22.1 Å². The van der Waals surface area contributed by atoms with Crippen molar-refractivity contribution in [1.82, 2.24) is 9.55 Å². The Hall–Kier alpha value is -1.77. The van der Waals surface area contributed by atoms with E-state index in [4.69, 9.17) is 4.74 Å². The molecule has 0 saturated carbocycles. The van der Waals surface area contributed by atoms with E-state index >= 15 is 0 Å². The number of carboxylic acid groups (broad SMARTS) is 1. The van der Waals surface area contributed by atoms with Gasteiger partial charge in [-0.15, -0.1) is 0 Å². The van der Waals surface area contributed by atoms with Gasteiger partial charge in [0, 0.05) is 11.1 Å². The van der Waals surface area contributed by atoms with Gasteiger partial charge < -0.3 is 19.2 Å². The molecule has 1 aromatic carbocycles. The first kappa shape index (κ1) is 13.7. The van der Waals surface area contributed by atoms with Gasteiger partial charge in [-0.25, -0.2) is 9.37 Å². The third kappa shape index (κ3) is 2.25. The van der Waals surface area contributed by atoms with E-state index in [1.165, 1.54) is 6.07 Å². The van der Waals surface area contributed by atoms with E-state index < -0.39 is 11.8 Å². The quantitative estimate of drug-likeness (QED) is 0.525. The summed E-state index contributed by atoms with van der Waals surface area (Å²) in [7, 11) is 0. The number of aromatic carboxylic acids is 1. The number of benzene rings is 1. The summed E-state index contributed by atoms with van der Waals surface area (Å²) >= 11 is 0. The molecule has 1 aliphatic heterocycles. The molecule has 2 heterocycles. The molecular weight excluding hydrogens is 246 g/mol. The molecule has 0 atom stereocenters. The molecule has 2 aromatic rings. The average molecular weight is 254 g/mol. The van der Waals surface area contributed by atoms with Gasteiger partial charge in [-0.1, -0.05) is 0 Å². The summed E-state index contributed by atoms with van der Waals surface area (Å²) in [4.78, 5) is 14.8. The van der Waals surface area contributed by atoms with Crippen molar-refractivity contribution in [3.8, 4) is 17.0 Å². The van der Waals surface area contributed by atoms with Gasteiger partial charge in [0.25, 0.3) is 0 Å². The Kier molecular flexibility index (Phi) is 3.65. The summed E-state index contributed by atoms with van der Waals surface area (Å²) < 4.78 is 20.9. The second kappa shape index (κ2) is 5.08. The van der Waals surface area contributed by atoms with Gasteiger partial charge in [-0.2, -0.15) is 0 Å². The van der Waals surface area contributed by atoms with Crippen LogP contribution >= 0.6 is 0 Å². The predicted octanol–water partition coefficient (Wildman–Crippen LogP) is -2.55. The van der Waals surface area contributed by atoms with Crippen molar-refractivity contribution in [2.45, 2.75) is 6.54 Å². The van der Waals surface area contributed by atoms with Crippen molar-refractivity contribution in [2.24, 2.45) is 0 Å². The smallest absolute Gasteiger partial charge is 0.545 e. The monoisotopic (exact) mass is 254 g/mol. The van der Waals surface area contributed by atoms with Gasteiger partial charge in [0.05, 0.1) is 30.7 Å². The van der Waals surface area contributed by atoms with E-state index in [2.05, 4.69) is 4.98 Å². The molecule has 5 nitrogen and oxygen atoms in total. The Morgan fingerprint density at radius 3 is 3.00 bits per heavy atom. The second-order valence-electron chi connectivity index (χ2n) is 3.94. The van der Waals surface area contributed by atoms with Gasteiger partial charge >= 0.3 is 18.9 Å². The molecule has 0 fully saturated rings. The van der Waals surface area contributed by atoms with Crippen LogP contribution in [0.3, 0.4) is 0 Å². The van der Waals surface area contributed by atoms with Crippen LogP contribution in [0.5, 0.6) is 5.75 Å². The molecule has 0 saturated heterocycles. The van der Waals surface area contributed by atoms with E-state index in [0.717, 1.165) is 6.07 Å². The van der Waals surface area contributed by atoms with E-state index in [1.54, 1.807) is 17.1 Å². The fourth-order valence-electron chi connectivity index (χ4n) is 2.02. The summed E-state index contributed by atoms with van der Waals surface area (Å²) in [5, 5.41) is 10.8. The van der Waals surface area contributed by atoms with Crippen molar-refractivity contribution in [3.63, 3.8) is 0 Å². The number of rotatable bonds is 1. The van der Waals surface area contributed by atoms with Gasteiger partial charge in [0.1, 0.15) is 6.61 Å². The average Bonchev–Trinajstić information content (AvgIpc) is 2.72. The van der Waals surface area contributed by atoms with Crippen LogP contribution in [0.15, 0.2) is 24.7 Å². The molecule has 0 unspecified atom stereocenters. The molecule has 0 spiro atoms. The van der Waals surface area contributed by atoms with Crippen LogP contribution in [0.25, 0.3) is 11.3 Å². The Morgan fingerprint density at radius 2 is 2.26 bits per heavy atom. The third-order valence-electron chi connectivity index (χ3n) is 2.85. The van der Waals surface area contributed by atoms with Crippen LogP contribution in [0.1, 0.15) is 10.4 Å². The number of hydrogen-bond donors (Lipinski definition) is 0. The van der Waals surface area contributed by atoms with Gasteiger partial charge in [-0.3, -0.25) is 0 Å². The zero-order chi connectivity index (χ0) is 12.7. The first-order valence-corrected chi connectivity index (χ1v) is 5.35. The molecule has 1 aliphatic rings. The largest absolute Gasteiger partial charge is 1.00 e. The maximum absolute atomic E-state index is 13.8. The minimum Gasteiger partial charge on any atom is -0.545 e. The number of ether oxygens (including phenoxy) is 1. The standard InChI is InChI=1S/C12H9FN2O3.Li/c13-9-4-7(12(16)17)3-8-10-5-14-6-15(10)1-2-18-11(8)9;/h3-6H,1-2H2,(H,16,17);/q;+1/p-1. The summed E-state index contributed by atoms with van der Waals surface area (Å²) in [6.45, 7) is 0.835. The van der Waals surface area contributed by atoms with Gasteiger partial charge in [-0.05, 0) is 12.1 Å². The zero-order valence-corrected chi connectivity index (χ0v) is 10.2. The maximum Gasteiger partial charge on any atom is 1.00 e. The number of aromatic nitrogens is 2. The van der Waals surface area contributed by atoms with E-state index in [-0.39, 0.29) is 30.2 Å². The molecule has 0 N–H and O–H groups in total. The second-order valence-corrected chi connectivity index (χ2v) is 3.94. The molecule has 3 rings (SSSR count). The molecule has 92 valence electrons. The Labute approximate surface area is 120 Å². The van der Waals surface area contributed by atoms with Crippen molar-refractivity contribution in [2.75, 3.05) is 6.61 Å². The van der Waals surface area contributed by atoms with Crippen LogP contribution in [-0.2, 0) is 6.54 Å². The molecule has 7 heteroatoms. The number of carbonyl (C=O) groups is 1. The number of halogens is 1. The first-order valence-electron chi connectivity index (χ1n) is 5.35. The molecular formula is C12H8FLiN2O3. The van der Waals surface area contributed by atoms with E-state index in [1.807, 2.05) is 0 Å². The molecule has 19 heavy (non-hydrogen) atoms. The zero-order valence-electron chi connectivity index (χ0n) is 10.2. The Bertz CT molecular complexity index is 642. The van der Waals surface area contributed by atoms with Crippen LogP contribution < -0.4 is 28.7 Å². The number of carbonyl (C=O) groups excluding carboxylic acids is 1. The molecule has 0 aliphatic carbocycles. The molecule has 1 aromatic heterocycles. The minimum absolute atomic E-state index is 0. The fraction of sp³-hybridized carbons (Fsp3) is 0.167. The van der Waals surface area contributed by atoms with E-state index in [9.17, 15) is 14.3 Å². The number of hydrogen-bond acceptors (Lipinski definition) is 4. The van der Waals surface area contributed by atoms with Crippen LogP contribution in [0.4, 0.5) is 4.39 Å². The number of nitrogens with zero attached hydrogens (tertiary/aromatic N) is 2. The third-order valence-corrected chi connectivity index (χ3v) is 2.85. The Morgan fingerprint density at radius 1 is 1.47 bits per heavy atom. The number of fused-ring (bicyclic) bond motifs is 3.